The van der Waals surface area contributed by atoms with Gasteiger partial charge < -0.3 is 24.8 Å². The van der Waals surface area contributed by atoms with Crippen LogP contribution in [0.15, 0.2) is 30.5 Å². The molecule has 0 unspecified atom stereocenters. The normalized spacial score (nSPS) is 20.2. The van der Waals surface area contributed by atoms with Gasteiger partial charge in [-0.05, 0) is 120 Å². The molecule has 5 rings (SSSR count). The van der Waals surface area contributed by atoms with Crippen molar-refractivity contribution in [1.82, 2.24) is 35.5 Å². The summed E-state index contributed by atoms with van der Waals surface area (Å²) in [5.41, 5.74) is 3.15. The van der Waals surface area contributed by atoms with Crippen LogP contribution in [0, 0.1) is 40.9 Å². The van der Waals surface area contributed by atoms with Gasteiger partial charge in [0.25, 0.3) is 0 Å². The minimum absolute atomic E-state index is 0.0168. The van der Waals surface area contributed by atoms with Crippen molar-refractivity contribution in [2.75, 3.05) is 31.7 Å². The summed E-state index contributed by atoms with van der Waals surface area (Å²) < 4.78 is 18.9. The number of carbonyl (C=O) groups is 1. The lowest BCUT2D eigenvalue weighted by Crippen LogP contribution is -2.41. The molecule has 0 bridgehead atoms. The molecule has 2 fully saturated rings. The molecule has 0 amide bonds. The van der Waals surface area contributed by atoms with E-state index in [1.54, 1.807) is 4.68 Å². The fourth-order valence-corrected chi connectivity index (χ4v) is 6.85. The van der Waals surface area contributed by atoms with Crippen LogP contribution >= 0.6 is 0 Å². The van der Waals surface area contributed by atoms with E-state index in [0.717, 1.165) is 73.3 Å². The van der Waals surface area contributed by atoms with Crippen molar-refractivity contribution >= 4 is 11.8 Å². The van der Waals surface area contributed by atoms with Gasteiger partial charge in [-0.2, -0.15) is 9.94 Å². The van der Waals surface area contributed by atoms with Crippen LogP contribution in [0.25, 0.3) is 11.3 Å². The first-order valence-electron chi connectivity index (χ1n) is 18.8. The number of nitrogens with zero attached hydrogens (tertiary/aromatic N) is 7. The second-order valence-corrected chi connectivity index (χ2v) is 16.1. The Labute approximate surface area is 308 Å². The Morgan fingerprint density at radius 1 is 1.15 bits per heavy atom. The van der Waals surface area contributed by atoms with Crippen molar-refractivity contribution in [3.8, 4) is 17.3 Å². The van der Waals surface area contributed by atoms with Crippen LogP contribution in [-0.4, -0.2) is 74.6 Å². The Bertz CT molecular complexity index is 1650. The molecule has 13 heteroatoms. The number of nitriles is 1. The van der Waals surface area contributed by atoms with Gasteiger partial charge in [0.15, 0.2) is 5.82 Å². The molecule has 4 heterocycles. The number of ether oxygens (including phenoxy) is 3. The quantitative estimate of drug-likeness (QED) is 0.171. The highest BCUT2D eigenvalue weighted by Crippen LogP contribution is 2.32. The maximum Gasteiger partial charge on any atom is 0.313 e. The molecule has 2 aliphatic rings. The van der Waals surface area contributed by atoms with Gasteiger partial charge in [-0.15, -0.1) is 5.10 Å². The van der Waals surface area contributed by atoms with E-state index in [4.69, 9.17) is 24.2 Å². The lowest BCUT2D eigenvalue weighted by molar-refractivity contribution is -0.168. The van der Waals surface area contributed by atoms with Crippen LogP contribution in [0.1, 0.15) is 103 Å². The molecule has 3 aromatic heterocycles. The van der Waals surface area contributed by atoms with E-state index in [-0.39, 0.29) is 24.5 Å². The molecule has 13 nitrogen and oxygen atoms in total. The maximum absolute atomic E-state index is 12.6. The molecule has 2 atom stereocenters. The van der Waals surface area contributed by atoms with E-state index in [1.807, 2.05) is 59.0 Å². The second-order valence-electron chi connectivity index (χ2n) is 16.1. The fourth-order valence-electron chi connectivity index (χ4n) is 6.85. The van der Waals surface area contributed by atoms with Crippen molar-refractivity contribution < 1.29 is 19.0 Å². The van der Waals surface area contributed by atoms with Crippen molar-refractivity contribution in [2.45, 2.75) is 118 Å². The first-order valence-corrected chi connectivity index (χ1v) is 18.8. The molecule has 282 valence electrons. The van der Waals surface area contributed by atoms with Crippen molar-refractivity contribution in [2.24, 2.45) is 22.7 Å². The van der Waals surface area contributed by atoms with E-state index in [1.165, 1.54) is 0 Å². The highest BCUT2D eigenvalue weighted by Gasteiger charge is 2.33. The van der Waals surface area contributed by atoms with Gasteiger partial charge in [0.05, 0.1) is 29.2 Å². The summed E-state index contributed by atoms with van der Waals surface area (Å²) in [4.78, 5) is 22.3. The summed E-state index contributed by atoms with van der Waals surface area (Å²) in [6.45, 7) is 16.2. The number of nitrogens with one attached hydrogen (secondary N) is 2. The lowest BCUT2D eigenvalue weighted by atomic mass is 9.82. The topological polar surface area (TPSA) is 162 Å². The Morgan fingerprint density at radius 3 is 2.60 bits per heavy atom. The third-order valence-electron chi connectivity index (χ3n) is 10.2. The summed E-state index contributed by atoms with van der Waals surface area (Å²) in [6, 6.07) is 11.3. The first kappa shape index (κ1) is 39.2. The molecule has 2 N–H and O–H groups in total. The highest BCUT2D eigenvalue weighted by atomic mass is 16.6. The van der Waals surface area contributed by atoms with Crippen molar-refractivity contribution in [3.05, 3.63) is 47.5 Å². The Balaban J connectivity index is 1.07. The SMILES string of the molecule is Cc1cnc(CC2CCC(N[C@@H](C)COCc3nnnn3[C@H](OC(=O)C(C)(C)C)C(C)C)CC2)cc1-c1cccc(NCC2(C#N)CCOCC2)n1. The summed E-state index contributed by atoms with van der Waals surface area (Å²) in [5, 5.41) is 29.1. The van der Waals surface area contributed by atoms with Crippen molar-refractivity contribution in [1.29, 1.82) is 5.26 Å². The number of aromatic nitrogens is 6. The van der Waals surface area contributed by atoms with E-state index in [2.05, 4.69) is 52.1 Å². The molecule has 1 aliphatic heterocycles. The molecular weight excluding hydrogens is 658 g/mol. The highest BCUT2D eigenvalue weighted by molar-refractivity contribution is 5.75. The maximum atomic E-state index is 12.6. The number of esters is 1. The molecule has 52 heavy (non-hydrogen) atoms. The van der Waals surface area contributed by atoms with E-state index < -0.39 is 17.1 Å². The third-order valence-corrected chi connectivity index (χ3v) is 10.2. The summed E-state index contributed by atoms with van der Waals surface area (Å²) in [7, 11) is 0. The average molecular weight is 716 g/mol. The molecule has 0 aromatic carbocycles. The Hall–Kier alpha value is -3.99. The number of carbonyl (C=O) groups excluding carboxylic acids is 1. The van der Waals surface area contributed by atoms with Crippen molar-refractivity contribution in [3.63, 3.8) is 0 Å². The molecule has 1 saturated carbocycles. The van der Waals surface area contributed by atoms with Crippen LogP contribution in [0.2, 0.25) is 0 Å². The van der Waals surface area contributed by atoms with Crippen LogP contribution in [0.3, 0.4) is 0 Å². The summed E-state index contributed by atoms with van der Waals surface area (Å²) >= 11 is 0. The largest absolute Gasteiger partial charge is 0.439 e. The number of anilines is 1. The standard InChI is InChI=1S/C39H57N9O4/c1-26(2)36(52-37(49)38(5,6)7)48-35(45-46-47-48)23-51-22-28(4)43-30-13-11-29(12-14-30)19-31-20-32(27(3)21-41-31)33-9-8-10-34(44-33)42-25-39(24-40)15-17-50-18-16-39/h8-10,20-21,26,28-30,36,43H,11-19,22-23,25H2,1-7H3,(H,42,44)/t28-,29?,30?,36+/m0/s1. The van der Waals surface area contributed by atoms with Gasteiger partial charge in [-0.1, -0.05) is 19.9 Å². The number of aryl methyl sites for hydroxylation is 1. The lowest BCUT2D eigenvalue weighted by Gasteiger charge is -2.31. The zero-order chi connectivity index (χ0) is 37.3. The van der Waals surface area contributed by atoms with Crippen LogP contribution < -0.4 is 10.6 Å². The van der Waals surface area contributed by atoms with Crippen LogP contribution in [0.5, 0.6) is 0 Å². The van der Waals surface area contributed by atoms with Crippen LogP contribution in [-0.2, 0) is 32.0 Å². The van der Waals surface area contributed by atoms with Gasteiger partial charge in [0, 0.05) is 55.2 Å². The number of hydrogen-bond donors (Lipinski definition) is 2. The number of hydrogen-bond acceptors (Lipinski definition) is 12. The minimum Gasteiger partial charge on any atom is -0.439 e. The Morgan fingerprint density at radius 2 is 1.90 bits per heavy atom. The van der Waals surface area contributed by atoms with E-state index in [0.29, 0.717) is 44.1 Å². The van der Waals surface area contributed by atoms with Crippen LogP contribution in [0.4, 0.5) is 5.82 Å². The van der Waals surface area contributed by atoms with E-state index in [9.17, 15) is 10.1 Å². The zero-order valence-corrected chi connectivity index (χ0v) is 32.0. The van der Waals surface area contributed by atoms with Gasteiger partial charge in [-0.25, -0.2) is 4.98 Å². The summed E-state index contributed by atoms with van der Waals surface area (Å²) in [6.07, 6.45) is 8.25. The number of tetrazole rings is 1. The van der Waals surface area contributed by atoms with Gasteiger partial charge in [-0.3, -0.25) is 9.78 Å². The first-order chi connectivity index (χ1) is 24.9. The second kappa shape index (κ2) is 17.7. The predicted octanol–water partition coefficient (Wildman–Crippen LogP) is 6.21. The molecule has 0 radical (unpaired) electrons. The van der Waals surface area contributed by atoms with E-state index >= 15 is 0 Å². The van der Waals surface area contributed by atoms with Gasteiger partial charge in [0.2, 0.25) is 6.23 Å². The molecular formula is C39H57N9O4. The average Bonchev–Trinajstić information content (AvgIpc) is 3.59. The molecule has 0 spiro atoms. The predicted molar refractivity (Wildman–Crippen MR) is 198 cm³/mol. The summed E-state index contributed by atoms with van der Waals surface area (Å²) in [5.74, 6) is 1.57. The van der Waals surface area contributed by atoms with Gasteiger partial charge in [0.1, 0.15) is 12.4 Å². The molecule has 1 aliphatic carbocycles. The fraction of sp³-hybridized carbons (Fsp3) is 0.667. The number of pyridine rings is 2. The number of rotatable bonds is 15. The zero-order valence-electron chi connectivity index (χ0n) is 32.0. The monoisotopic (exact) mass is 715 g/mol. The van der Waals surface area contributed by atoms with Gasteiger partial charge >= 0.3 is 5.97 Å². The third kappa shape index (κ3) is 10.5. The minimum atomic E-state index is -0.627. The molecule has 3 aromatic rings. The Kier molecular flexibility index (Phi) is 13.3. The smallest absolute Gasteiger partial charge is 0.313 e. The molecule has 1 saturated heterocycles.